The maximum absolute atomic E-state index is 4.69. The molecular weight excluding hydrogens is 248 g/mol. The van der Waals surface area contributed by atoms with Gasteiger partial charge in [0.2, 0.25) is 0 Å². The summed E-state index contributed by atoms with van der Waals surface area (Å²) in [5.41, 5.74) is 0.328. The van der Waals surface area contributed by atoms with Crippen LogP contribution in [0, 0.1) is 5.41 Å². The molecule has 2 unspecified atom stereocenters. The first kappa shape index (κ1) is 15.2. The van der Waals surface area contributed by atoms with Gasteiger partial charge in [0.15, 0.2) is 5.17 Å². The molecule has 1 aliphatic heterocycles. The van der Waals surface area contributed by atoms with E-state index in [1.54, 1.807) is 0 Å². The fourth-order valence-electron chi connectivity index (χ4n) is 1.74. The van der Waals surface area contributed by atoms with Gasteiger partial charge >= 0.3 is 0 Å². The molecule has 2 nitrogen and oxygen atoms in total. The summed E-state index contributed by atoms with van der Waals surface area (Å²) in [4.78, 5) is 4.69. The topological polar surface area (TPSA) is 24.4 Å². The van der Waals surface area contributed by atoms with Crippen molar-refractivity contribution in [3.63, 3.8) is 0 Å². The van der Waals surface area contributed by atoms with Crippen molar-refractivity contribution in [1.82, 2.24) is 5.32 Å². The van der Waals surface area contributed by atoms with Crippen molar-refractivity contribution in [3.05, 3.63) is 0 Å². The van der Waals surface area contributed by atoms with E-state index in [4.69, 9.17) is 4.99 Å². The minimum absolute atomic E-state index is 0.328. The summed E-state index contributed by atoms with van der Waals surface area (Å²) < 4.78 is 0. The maximum Gasteiger partial charge on any atom is 0.156 e. The van der Waals surface area contributed by atoms with Crippen LogP contribution in [0.1, 0.15) is 40.5 Å². The third kappa shape index (κ3) is 5.56. The predicted octanol–water partition coefficient (Wildman–Crippen LogP) is 3.63. The summed E-state index contributed by atoms with van der Waals surface area (Å²) in [5.74, 6) is 1.20. The molecule has 0 aromatic rings. The number of nitrogens with one attached hydrogen (secondary N) is 1. The molecule has 2 atom stereocenters. The van der Waals surface area contributed by atoms with E-state index >= 15 is 0 Å². The summed E-state index contributed by atoms with van der Waals surface area (Å²) in [5, 5.41) is 5.46. The van der Waals surface area contributed by atoms with E-state index in [9.17, 15) is 0 Å². The molecule has 0 aromatic heterocycles. The van der Waals surface area contributed by atoms with Crippen molar-refractivity contribution in [3.8, 4) is 0 Å². The molecule has 0 spiro atoms. The lowest BCUT2D eigenvalue weighted by atomic mass is 9.85. The summed E-state index contributed by atoms with van der Waals surface area (Å²) in [6, 6.07) is 0.570. The highest BCUT2D eigenvalue weighted by Crippen LogP contribution is 2.27. The molecule has 100 valence electrons. The van der Waals surface area contributed by atoms with Gasteiger partial charge < -0.3 is 5.32 Å². The van der Waals surface area contributed by atoms with Crippen LogP contribution >= 0.6 is 23.5 Å². The second-order valence-electron chi connectivity index (χ2n) is 5.72. The minimum atomic E-state index is 0.328. The Morgan fingerprint density at radius 3 is 2.82 bits per heavy atom. The van der Waals surface area contributed by atoms with Crippen LogP contribution in [0.25, 0.3) is 0 Å². The van der Waals surface area contributed by atoms with E-state index in [-0.39, 0.29) is 0 Å². The average molecular weight is 274 g/mol. The Morgan fingerprint density at radius 1 is 1.53 bits per heavy atom. The molecule has 0 aromatic carbocycles. The Balaban J connectivity index is 2.41. The maximum atomic E-state index is 4.69. The van der Waals surface area contributed by atoms with Crippen LogP contribution in [0.5, 0.6) is 0 Å². The molecule has 1 rings (SSSR count). The van der Waals surface area contributed by atoms with Gasteiger partial charge in [0.05, 0.1) is 0 Å². The SMILES string of the molecule is CSC(C)CCN=C1NC(C(C)(C)C)CCS1. The lowest BCUT2D eigenvalue weighted by Gasteiger charge is -2.35. The van der Waals surface area contributed by atoms with Gasteiger partial charge in [0, 0.05) is 23.6 Å². The summed E-state index contributed by atoms with van der Waals surface area (Å²) >= 11 is 3.79. The third-order valence-electron chi connectivity index (χ3n) is 3.18. The zero-order valence-electron chi connectivity index (χ0n) is 11.7. The fraction of sp³-hybridized carbons (Fsp3) is 0.923. The molecule has 0 radical (unpaired) electrons. The highest BCUT2D eigenvalue weighted by Gasteiger charge is 2.28. The standard InChI is InChI=1S/C13H26N2S2/c1-10(16-5)6-8-14-12-15-11(7-9-17-12)13(2,3)4/h10-11H,6-9H2,1-5H3,(H,14,15). The van der Waals surface area contributed by atoms with Crippen LogP contribution in [-0.2, 0) is 0 Å². The van der Waals surface area contributed by atoms with E-state index in [2.05, 4.69) is 39.3 Å². The zero-order valence-corrected chi connectivity index (χ0v) is 13.4. The van der Waals surface area contributed by atoms with Crippen LogP contribution in [-0.4, -0.2) is 35.0 Å². The molecule has 17 heavy (non-hydrogen) atoms. The highest BCUT2D eigenvalue weighted by molar-refractivity contribution is 8.13. The van der Waals surface area contributed by atoms with Gasteiger partial charge in [-0.2, -0.15) is 11.8 Å². The molecule has 1 aliphatic rings. The van der Waals surface area contributed by atoms with Crippen molar-refractivity contribution in [2.45, 2.75) is 51.8 Å². The normalized spacial score (nSPS) is 25.7. The van der Waals surface area contributed by atoms with Crippen molar-refractivity contribution >= 4 is 28.7 Å². The Bertz CT molecular complexity index is 259. The van der Waals surface area contributed by atoms with E-state index in [0.717, 1.165) is 11.7 Å². The zero-order chi connectivity index (χ0) is 12.9. The number of rotatable bonds is 4. The second kappa shape index (κ2) is 6.93. The van der Waals surface area contributed by atoms with Crippen LogP contribution in [0.3, 0.4) is 0 Å². The molecule has 4 heteroatoms. The lowest BCUT2D eigenvalue weighted by Crippen LogP contribution is -2.46. The number of amidine groups is 1. The molecule has 1 fully saturated rings. The van der Waals surface area contributed by atoms with E-state index in [1.165, 1.54) is 18.6 Å². The molecule has 0 saturated carbocycles. The largest absolute Gasteiger partial charge is 0.362 e. The summed E-state index contributed by atoms with van der Waals surface area (Å²) in [6.45, 7) is 10.1. The third-order valence-corrected chi connectivity index (χ3v) is 5.18. The number of aliphatic imine (C=N–C) groups is 1. The fourth-order valence-corrected chi connectivity index (χ4v) is 3.04. The van der Waals surface area contributed by atoms with Gasteiger partial charge in [-0.1, -0.05) is 39.5 Å². The van der Waals surface area contributed by atoms with Gasteiger partial charge in [-0.05, 0) is 24.5 Å². The quantitative estimate of drug-likeness (QED) is 0.847. The van der Waals surface area contributed by atoms with E-state index in [0.29, 0.717) is 16.7 Å². The minimum Gasteiger partial charge on any atom is -0.362 e. The molecule has 1 heterocycles. The first-order chi connectivity index (χ1) is 7.93. The van der Waals surface area contributed by atoms with Gasteiger partial charge in [-0.3, -0.25) is 4.99 Å². The molecule has 0 aliphatic carbocycles. The van der Waals surface area contributed by atoms with E-state index < -0.39 is 0 Å². The van der Waals surface area contributed by atoms with Gasteiger partial charge in [0.25, 0.3) is 0 Å². The van der Waals surface area contributed by atoms with Crippen molar-refractivity contribution in [2.75, 3.05) is 18.6 Å². The molecule has 0 bridgehead atoms. The number of hydrogen-bond acceptors (Lipinski definition) is 3. The first-order valence-corrected chi connectivity index (χ1v) is 8.67. The van der Waals surface area contributed by atoms with E-state index in [1.807, 2.05) is 23.5 Å². The van der Waals surface area contributed by atoms with Gasteiger partial charge in [-0.15, -0.1) is 0 Å². The molecule has 1 N–H and O–H groups in total. The Labute approximate surface area is 115 Å². The number of thioether (sulfide) groups is 2. The summed E-state index contributed by atoms with van der Waals surface area (Å²) in [7, 11) is 0. The lowest BCUT2D eigenvalue weighted by molar-refractivity contribution is 0.290. The van der Waals surface area contributed by atoms with Gasteiger partial charge in [0.1, 0.15) is 0 Å². The van der Waals surface area contributed by atoms with Crippen molar-refractivity contribution < 1.29 is 0 Å². The monoisotopic (exact) mass is 274 g/mol. The Kier molecular flexibility index (Phi) is 6.21. The number of hydrogen-bond donors (Lipinski definition) is 1. The van der Waals surface area contributed by atoms with Crippen LogP contribution in [0.15, 0.2) is 4.99 Å². The summed E-state index contributed by atoms with van der Waals surface area (Å²) in [6.07, 6.45) is 4.59. The number of nitrogens with zero attached hydrogens (tertiary/aromatic N) is 1. The van der Waals surface area contributed by atoms with Crippen molar-refractivity contribution in [1.29, 1.82) is 0 Å². The Morgan fingerprint density at radius 2 is 2.24 bits per heavy atom. The first-order valence-electron chi connectivity index (χ1n) is 6.40. The van der Waals surface area contributed by atoms with Crippen LogP contribution in [0.4, 0.5) is 0 Å². The second-order valence-corrected chi connectivity index (χ2v) is 8.08. The predicted molar refractivity (Wildman–Crippen MR) is 83.3 cm³/mol. The van der Waals surface area contributed by atoms with Crippen LogP contribution < -0.4 is 5.32 Å². The molecule has 1 saturated heterocycles. The highest BCUT2D eigenvalue weighted by atomic mass is 32.2. The average Bonchev–Trinajstić information content (AvgIpc) is 2.28. The molecule has 0 amide bonds. The van der Waals surface area contributed by atoms with Crippen molar-refractivity contribution in [2.24, 2.45) is 10.4 Å². The van der Waals surface area contributed by atoms with Crippen LogP contribution in [0.2, 0.25) is 0 Å². The smallest absolute Gasteiger partial charge is 0.156 e. The Hall–Kier alpha value is 0.170. The molecular formula is C13H26N2S2. The van der Waals surface area contributed by atoms with Gasteiger partial charge in [-0.25, -0.2) is 0 Å².